The van der Waals surface area contributed by atoms with Crippen molar-refractivity contribution in [1.82, 2.24) is 9.88 Å². The molecule has 0 unspecified atom stereocenters. The average molecular weight is 395 g/mol. The van der Waals surface area contributed by atoms with Gasteiger partial charge < -0.3 is 9.64 Å². The number of nitrogens with zero attached hydrogens (tertiary/aromatic N) is 2. The monoisotopic (exact) mass is 394 g/mol. The molecular weight excluding hydrogens is 368 g/mol. The van der Waals surface area contributed by atoms with Crippen LogP contribution in [0.4, 0.5) is 0 Å². The van der Waals surface area contributed by atoms with Gasteiger partial charge in [-0.1, -0.05) is 43.3 Å². The Bertz CT molecular complexity index is 918. The minimum absolute atomic E-state index is 0.0644. The lowest BCUT2D eigenvalue weighted by Gasteiger charge is -2.17. The van der Waals surface area contributed by atoms with Crippen molar-refractivity contribution < 1.29 is 9.53 Å². The van der Waals surface area contributed by atoms with E-state index in [9.17, 15) is 4.79 Å². The molecule has 4 nitrogen and oxygen atoms in total. The molecule has 28 heavy (non-hydrogen) atoms. The lowest BCUT2D eigenvalue weighted by Crippen LogP contribution is -2.27. The van der Waals surface area contributed by atoms with Gasteiger partial charge in [-0.3, -0.25) is 4.79 Å². The molecule has 0 saturated carbocycles. The largest absolute Gasteiger partial charge is 0.493 e. The Balaban J connectivity index is 1.64. The van der Waals surface area contributed by atoms with Gasteiger partial charge in [0.2, 0.25) is 5.91 Å². The van der Waals surface area contributed by atoms with Crippen LogP contribution in [0.2, 0.25) is 0 Å². The van der Waals surface area contributed by atoms with Crippen LogP contribution in [0.25, 0.3) is 10.6 Å². The first-order valence-electron chi connectivity index (χ1n) is 9.59. The number of carbonyl (C=O) groups excluding carboxylic acids is 1. The lowest BCUT2D eigenvalue weighted by atomic mass is 10.1. The van der Waals surface area contributed by atoms with Crippen molar-refractivity contribution in [2.75, 3.05) is 13.7 Å². The summed E-state index contributed by atoms with van der Waals surface area (Å²) in [6.45, 7) is 5.32. The van der Waals surface area contributed by atoms with Gasteiger partial charge in [0, 0.05) is 19.0 Å². The SMILES string of the molecule is CCOc1ccccc1-c1nc(CC(=O)N(C)Cc2ccc(CC)cc2)cs1. The second-order valence-corrected chi connectivity index (χ2v) is 7.53. The van der Waals surface area contributed by atoms with Crippen LogP contribution >= 0.6 is 11.3 Å². The van der Waals surface area contributed by atoms with Crippen LogP contribution in [0.3, 0.4) is 0 Å². The maximum Gasteiger partial charge on any atom is 0.228 e. The predicted octanol–water partition coefficient (Wildman–Crippen LogP) is 4.97. The normalized spacial score (nSPS) is 10.7. The van der Waals surface area contributed by atoms with Crippen molar-refractivity contribution in [2.24, 2.45) is 0 Å². The van der Waals surface area contributed by atoms with Crippen molar-refractivity contribution in [3.63, 3.8) is 0 Å². The van der Waals surface area contributed by atoms with Gasteiger partial charge in [0.15, 0.2) is 0 Å². The quantitative estimate of drug-likeness (QED) is 0.542. The molecule has 1 heterocycles. The highest BCUT2D eigenvalue weighted by Crippen LogP contribution is 2.32. The van der Waals surface area contributed by atoms with Gasteiger partial charge >= 0.3 is 0 Å². The van der Waals surface area contributed by atoms with Crippen molar-refractivity contribution in [2.45, 2.75) is 33.2 Å². The van der Waals surface area contributed by atoms with E-state index in [0.717, 1.165) is 34.0 Å². The second-order valence-electron chi connectivity index (χ2n) is 6.67. The number of aromatic nitrogens is 1. The Morgan fingerprint density at radius 1 is 1.07 bits per heavy atom. The van der Waals surface area contributed by atoms with Gasteiger partial charge in [-0.15, -0.1) is 11.3 Å². The molecule has 0 aliphatic carbocycles. The summed E-state index contributed by atoms with van der Waals surface area (Å²) in [5, 5.41) is 2.84. The third kappa shape index (κ3) is 4.98. The van der Waals surface area contributed by atoms with Gasteiger partial charge in [0.1, 0.15) is 10.8 Å². The zero-order chi connectivity index (χ0) is 19.9. The van der Waals surface area contributed by atoms with E-state index in [2.05, 4.69) is 36.2 Å². The van der Waals surface area contributed by atoms with Crippen LogP contribution < -0.4 is 4.74 Å². The third-order valence-corrected chi connectivity index (χ3v) is 5.50. The van der Waals surface area contributed by atoms with Gasteiger partial charge in [-0.2, -0.15) is 0 Å². The fourth-order valence-corrected chi connectivity index (χ4v) is 3.82. The second kappa shape index (κ2) is 9.51. The standard InChI is InChI=1S/C23H26N2O2S/c1-4-17-10-12-18(13-11-17)15-25(3)22(26)14-19-16-28-23(24-19)20-8-6-7-9-21(20)27-5-2/h6-13,16H,4-5,14-15H2,1-3H3. The van der Waals surface area contributed by atoms with E-state index in [1.807, 2.05) is 43.6 Å². The zero-order valence-corrected chi connectivity index (χ0v) is 17.5. The molecule has 0 aliphatic rings. The van der Waals surface area contributed by atoms with E-state index >= 15 is 0 Å². The predicted molar refractivity (Wildman–Crippen MR) is 115 cm³/mol. The summed E-state index contributed by atoms with van der Waals surface area (Å²) < 4.78 is 5.69. The number of hydrogen-bond donors (Lipinski definition) is 0. The van der Waals surface area contributed by atoms with Crippen LogP contribution in [0.5, 0.6) is 5.75 Å². The summed E-state index contributed by atoms with van der Waals surface area (Å²) in [5.41, 5.74) is 4.21. The average Bonchev–Trinajstić information content (AvgIpc) is 3.17. The number of hydrogen-bond acceptors (Lipinski definition) is 4. The Hall–Kier alpha value is -2.66. The molecule has 0 aliphatic heterocycles. The Kier molecular flexibility index (Phi) is 6.82. The van der Waals surface area contributed by atoms with Crippen molar-refractivity contribution in [1.29, 1.82) is 0 Å². The van der Waals surface area contributed by atoms with Crippen molar-refractivity contribution in [3.8, 4) is 16.3 Å². The summed E-state index contributed by atoms with van der Waals surface area (Å²) in [5.74, 6) is 0.888. The molecule has 146 valence electrons. The first-order valence-corrected chi connectivity index (χ1v) is 10.5. The molecule has 5 heteroatoms. The van der Waals surface area contributed by atoms with Crippen LogP contribution in [-0.2, 0) is 24.2 Å². The molecule has 1 amide bonds. The maximum atomic E-state index is 12.6. The van der Waals surface area contributed by atoms with E-state index in [1.54, 1.807) is 16.2 Å². The zero-order valence-electron chi connectivity index (χ0n) is 16.6. The fourth-order valence-electron chi connectivity index (χ4n) is 2.97. The first kappa shape index (κ1) is 20.1. The number of carbonyl (C=O) groups is 1. The molecule has 0 bridgehead atoms. The number of para-hydroxylation sites is 1. The van der Waals surface area contributed by atoms with Gasteiger partial charge in [-0.25, -0.2) is 4.98 Å². The number of likely N-dealkylation sites (N-methyl/N-ethyl adjacent to an activating group) is 1. The summed E-state index contributed by atoms with van der Waals surface area (Å²) in [6, 6.07) is 16.3. The summed E-state index contributed by atoms with van der Waals surface area (Å²) >= 11 is 1.54. The fraction of sp³-hybridized carbons (Fsp3) is 0.304. The molecule has 0 atom stereocenters. The molecule has 3 rings (SSSR count). The van der Waals surface area contributed by atoms with Gasteiger partial charge in [-0.05, 0) is 36.6 Å². The highest BCUT2D eigenvalue weighted by molar-refractivity contribution is 7.13. The summed E-state index contributed by atoms with van der Waals surface area (Å²) in [4.78, 5) is 19.0. The molecule has 0 radical (unpaired) electrons. The van der Waals surface area contributed by atoms with E-state index in [-0.39, 0.29) is 5.91 Å². The van der Waals surface area contributed by atoms with E-state index in [0.29, 0.717) is 19.6 Å². The molecule has 3 aromatic rings. The Labute approximate surface area is 170 Å². The number of rotatable bonds is 8. The Morgan fingerprint density at radius 2 is 1.79 bits per heavy atom. The van der Waals surface area contributed by atoms with Crippen LogP contribution in [-0.4, -0.2) is 29.4 Å². The topological polar surface area (TPSA) is 42.4 Å². The van der Waals surface area contributed by atoms with Gasteiger partial charge in [0.05, 0.1) is 24.3 Å². The molecular formula is C23H26N2O2S. The number of aryl methyl sites for hydroxylation is 1. The van der Waals surface area contributed by atoms with E-state index < -0.39 is 0 Å². The molecule has 0 N–H and O–H groups in total. The van der Waals surface area contributed by atoms with Crippen LogP contribution in [0, 0.1) is 0 Å². The molecule has 1 aromatic heterocycles. The lowest BCUT2D eigenvalue weighted by molar-refractivity contribution is -0.129. The number of benzene rings is 2. The first-order chi connectivity index (χ1) is 13.6. The van der Waals surface area contributed by atoms with E-state index in [1.165, 1.54) is 5.56 Å². The molecule has 0 spiro atoms. The minimum Gasteiger partial charge on any atom is -0.493 e. The third-order valence-electron chi connectivity index (χ3n) is 4.58. The maximum absolute atomic E-state index is 12.6. The van der Waals surface area contributed by atoms with Crippen molar-refractivity contribution in [3.05, 3.63) is 70.7 Å². The van der Waals surface area contributed by atoms with E-state index in [4.69, 9.17) is 4.74 Å². The molecule has 0 saturated heterocycles. The smallest absolute Gasteiger partial charge is 0.228 e. The molecule has 0 fully saturated rings. The van der Waals surface area contributed by atoms with Gasteiger partial charge in [0.25, 0.3) is 0 Å². The molecule has 2 aromatic carbocycles. The highest BCUT2D eigenvalue weighted by atomic mass is 32.1. The minimum atomic E-state index is 0.0644. The van der Waals surface area contributed by atoms with Crippen LogP contribution in [0.15, 0.2) is 53.9 Å². The van der Waals surface area contributed by atoms with Crippen LogP contribution in [0.1, 0.15) is 30.7 Å². The number of ether oxygens (including phenoxy) is 1. The number of amides is 1. The Morgan fingerprint density at radius 3 is 2.50 bits per heavy atom. The highest BCUT2D eigenvalue weighted by Gasteiger charge is 2.15. The summed E-state index contributed by atoms with van der Waals surface area (Å²) in [6.07, 6.45) is 1.32. The summed E-state index contributed by atoms with van der Waals surface area (Å²) in [7, 11) is 1.84. The van der Waals surface area contributed by atoms with Crippen molar-refractivity contribution >= 4 is 17.2 Å². The number of thiazole rings is 1.